The first-order valence-corrected chi connectivity index (χ1v) is 9.52. The zero-order valence-electron chi connectivity index (χ0n) is 15.1. The Kier molecular flexibility index (Phi) is 4.79. The number of para-hydroxylation sites is 2. The van der Waals surface area contributed by atoms with Gasteiger partial charge in [-0.05, 0) is 31.0 Å². The van der Waals surface area contributed by atoms with Crippen LogP contribution in [0, 0.1) is 5.92 Å². The van der Waals surface area contributed by atoms with E-state index in [1.54, 1.807) is 24.1 Å². The number of hydrogen-bond acceptors (Lipinski definition) is 3. The Balaban J connectivity index is 1.58. The van der Waals surface area contributed by atoms with Crippen molar-refractivity contribution in [3.05, 3.63) is 58.6 Å². The maximum absolute atomic E-state index is 13.0. The average molecular weight is 385 g/mol. The van der Waals surface area contributed by atoms with Crippen LogP contribution in [0.25, 0.3) is 0 Å². The van der Waals surface area contributed by atoms with Crippen molar-refractivity contribution in [2.45, 2.75) is 25.3 Å². The Morgan fingerprint density at radius 3 is 2.67 bits per heavy atom. The standard InChI is InChI=1S/C21H21ClN2O3/c1-24(21(26)13-9-10-13)18-8-3-2-5-15(18)20(25)23-17-11-12-27-19-14(17)6-4-7-16(19)22/h2-8,13,17H,9-12H2,1H3,(H,23,25)/t17-/m1/s1. The van der Waals surface area contributed by atoms with E-state index in [0.717, 1.165) is 18.4 Å². The fraction of sp³-hybridized carbons (Fsp3) is 0.333. The highest BCUT2D eigenvalue weighted by atomic mass is 35.5. The number of halogens is 1. The minimum atomic E-state index is -0.209. The Labute approximate surface area is 163 Å². The summed E-state index contributed by atoms with van der Waals surface area (Å²) in [5.74, 6) is 0.581. The van der Waals surface area contributed by atoms with Crippen molar-refractivity contribution in [1.29, 1.82) is 0 Å². The van der Waals surface area contributed by atoms with Crippen molar-refractivity contribution in [2.24, 2.45) is 5.92 Å². The Morgan fingerprint density at radius 2 is 1.89 bits per heavy atom. The van der Waals surface area contributed by atoms with E-state index in [2.05, 4.69) is 5.32 Å². The zero-order valence-corrected chi connectivity index (χ0v) is 15.8. The van der Waals surface area contributed by atoms with Crippen LogP contribution in [0.4, 0.5) is 5.69 Å². The second-order valence-electron chi connectivity index (χ2n) is 7.01. The van der Waals surface area contributed by atoms with Crippen LogP contribution >= 0.6 is 11.6 Å². The molecule has 0 saturated heterocycles. The largest absolute Gasteiger partial charge is 0.492 e. The van der Waals surface area contributed by atoms with Crippen LogP contribution in [0.15, 0.2) is 42.5 Å². The second kappa shape index (κ2) is 7.24. The summed E-state index contributed by atoms with van der Waals surface area (Å²) in [4.78, 5) is 27.1. The van der Waals surface area contributed by atoms with E-state index in [-0.39, 0.29) is 23.8 Å². The lowest BCUT2D eigenvalue weighted by atomic mass is 9.99. The average Bonchev–Trinajstić information content (AvgIpc) is 3.53. The van der Waals surface area contributed by atoms with Gasteiger partial charge in [0.1, 0.15) is 5.75 Å². The number of anilines is 1. The monoisotopic (exact) mass is 384 g/mol. The SMILES string of the molecule is CN(C(=O)C1CC1)c1ccccc1C(=O)N[C@@H]1CCOc2c(Cl)cccc21. The van der Waals surface area contributed by atoms with E-state index in [4.69, 9.17) is 16.3 Å². The molecule has 2 aromatic rings. The number of fused-ring (bicyclic) bond motifs is 1. The molecule has 1 atom stereocenters. The van der Waals surface area contributed by atoms with Gasteiger partial charge in [0.15, 0.2) is 0 Å². The molecule has 1 heterocycles. The highest BCUT2D eigenvalue weighted by Gasteiger charge is 2.34. The van der Waals surface area contributed by atoms with E-state index in [0.29, 0.717) is 35.1 Å². The summed E-state index contributed by atoms with van der Waals surface area (Å²) in [7, 11) is 1.73. The smallest absolute Gasteiger partial charge is 0.253 e. The summed E-state index contributed by atoms with van der Waals surface area (Å²) in [6.07, 6.45) is 2.52. The lowest BCUT2D eigenvalue weighted by Crippen LogP contribution is -2.34. The number of hydrogen-bond donors (Lipinski definition) is 1. The molecule has 2 aromatic carbocycles. The number of amides is 2. The molecule has 2 amide bonds. The maximum Gasteiger partial charge on any atom is 0.253 e. The fourth-order valence-corrected chi connectivity index (χ4v) is 3.69. The van der Waals surface area contributed by atoms with Crippen LogP contribution in [0.3, 0.4) is 0 Å². The molecule has 1 saturated carbocycles. The van der Waals surface area contributed by atoms with Crippen molar-refractivity contribution in [3.8, 4) is 5.75 Å². The summed E-state index contributed by atoms with van der Waals surface area (Å²) < 4.78 is 5.66. The van der Waals surface area contributed by atoms with E-state index in [1.807, 2.05) is 30.3 Å². The molecule has 1 N–H and O–H groups in total. The molecule has 0 aromatic heterocycles. The number of nitrogens with zero attached hydrogens (tertiary/aromatic N) is 1. The molecular weight excluding hydrogens is 364 g/mol. The van der Waals surface area contributed by atoms with Gasteiger partial charge in [0.2, 0.25) is 5.91 Å². The third kappa shape index (κ3) is 3.52. The first-order valence-electron chi connectivity index (χ1n) is 9.15. The lowest BCUT2D eigenvalue weighted by Gasteiger charge is -2.28. The summed E-state index contributed by atoms with van der Waals surface area (Å²) in [6, 6.07) is 12.6. The molecule has 6 heteroatoms. The number of nitrogens with one attached hydrogen (secondary N) is 1. The summed E-state index contributed by atoms with van der Waals surface area (Å²) in [6.45, 7) is 0.489. The van der Waals surface area contributed by atoms with Crippen LogP contribution in [-0.2, 0) is 4.79 Å². The number of ether oxygens (including phenoxy) is 1. The summed E-state index contributed by atoms with van der Waals surface area (Å²) in [5.41, 5.74) is 2.00. The Bertz CT molecular complexity index is 895. The van der Waals surface area contributed by atoms with Crippen LogP contribution in [0.2, 0.25) is 5.02 Å². The molecule has 5 nitrogen and oxygen atoms in total. The predicted octanol–water partition coefficient (Wildman–Crippen LogP) is 3.97. The van der Waals surface area contributed by atoms with Crippen molar-refractivity contribution in [1.82, 2.24) is 5.32 Å². The topological polar surface area (TPSA) is 58.6 Å². The summed E-state index contributed by atoms with van der Waals surface area (Å²) >= 11 is 6.22. The van der Waals surface area contributed by atoms with Crippen molar-refractivity contribution in [3.63, 3.8) is 0 Å². The number of carbonyl (C=O) groups is 2. The van der Waals surface area contributed by atoms with Gasteiger partial charge in [-0.1, -0.05) is 35.9 Å². The first-order chi connectivity index (χ1) is 13.1. The number of benzene rings is 2. The molecular formula is C21H21ClN2O3. The van der Waals surface area contributed by atoms with E-state index in [1.165, 1.54) is 0 Å². The molecule has 0 radical (unpaired) electrons. The van der Waals surface area contributed by atoms with Gasteiger partial charge in [-0.3, -0.25) is 9.59 Å². The molecule has 0 bridgehead atoms. The quantitative estimate of drug-likeness (QED) is 0.867. The molecule has 140 valence electrons. The van der Waals surface area contributed by atoms with Crippen LogP contribution in [0.1, 0.15) is 41.2 Å². The zero-order chi connectivity index (χ0) is 19.0. The number of rotatable bonds is 4. The molecule has 2 aliphatic rings. The minimum Gasteiger partial charge on any atom is -0.492 e. The van der Waals surface area contributed by atoms with Gasteiger partial charge >= 0.3 is 0 Å². The van der Waals surface area contributed by atoms with Crippen molar-refractivity contribution in [2.75, 3.05) is 18.6 Å². The van der Waals surface area contributed by atoms with Gasteiger partial charge < -0.3 is 15.0 Å². The van der Waals surface area contributed by atoms with Gasteiger partial charge in [-0.25, -0.2) is 0 Å². The second-order valence-corrected chi connectivity index (χ2v) is 7.42. The Hall–Kier alpha value is -2.53. The van der Waals surface area contributed by atoms with Gasteiger partial charge in [-0.15, -0.1) is 0 Å². The highest BCUT2D eigenvalue weighted by Crippen LogP contribution is 2.38. The normalized spacial score (nSPS) is 18.2. The molecule has 1 fully saturated rings. The van der Waals surface area contributed by atoms with E-state index >= 15 is 0 Å². The summed E-state index contributed by atoms with van der Waals surface area (Å²) in [5, 5.41) is 3.63. The predicted molar refractivity (Wildman–Crippen MR) is 104 cm³/mol. The Morgan fingerprint density at radius 1 is 1.11 bits per heavy atom. The molecule has 27 heavy (non-hydrogen) atoms. The fourth-order valence-electron chi connectivity index (χ4n) is 3.45. The third-order valence-corrected chi connectivity index (χ3v) is 5.40. The van der Waals surface area contributed by atoms with Gasteiger partial charge in [0.25, 0.3) is 5.91 Å². The molecule has 0 spiro atoms. The van der Waals surface area contributed by atoms with Crippen LogP contribution < -0.4 is 15.0 Å². The minimum absolute atomic E-state index is 0.0680. The number of carbonyl (C=O) groups excluding carboxylic acids is 2. The van der Waals surface area contributed by atoms with Crippen LogP contribution in [-0.4, -0.2) is 25.5 Å². The van der Waals surface area contributed by atoms with Crippen molar-refractivity contribution >= 4 is 29.1 Å². The van der Waals surface area contributed by atoms with E-state index in [9.17, 15) is 9.59 Å². The van der Waals surface area contributed by atoms with Crippen molar-refractivity contribution < 1.29 is 14.3 Å². The third-order valence-electron chi connectivity index (χ3n) is 5.10. The highest BCUT2D eigenvalue weighted by molar-refractivity contribution is 6.32. The molecule has 4 rings (SSSR count). The van der Waals surface area contributed by atoms with Gasteiger partial charge in [0, 0.05) is 24.9 Å². The van der Waals surface area contributed by atoms with E-state index < -0.39 is 0 Å². The first kappa shape index (κ1) is 17.9. The van der Waals surface area contributed by atoms with Gasteiger partial charge in [0.05, 0.1) is 28.9 Å². The molecule has 0 unspecified atom stereocenters. The van der Waals surface area contributed by atoms with Crippen LogP contribution in [0.5, 0.6) is 5.75 Å². The van der Waals surface area contributed by atoms with Gasteiger partial charge in [-0.2, -0.15) is 0 Å². The molecule has 1 aliphatic heterocycles. The lowest BCUT2D eigenvalue weighted by molar-refractivity contribution is -0.119. The molecule has 1 aliphatic carbocycles. The maximum atomic E-state index is 13.0.